The third kappa shape index (κ3) is 5.67. The van der Waals surface area contributed by atoms with Gasteiger partial charge in [0, 0.05) is 18.2 Å². The van der Waals surface area contributed by atoms with Crippen LogP contribution in [-0.4, -0.2) is 37.7 Å². The maximum Gasteiger partial charge on any atom is 0.327 e. The summed E-state index contributed by atoms with van der Waals surface area (Å²) in [6.45, 7) is 0. The Hall–Kier alpha value is -2.33. The zero-order valence-electron chi connectivity index (χ0n) is 11.4. The van der Waals surface area contributed by atoms with Crippen molar-refractivity contribution in [3.63, 3.8) is 0 Å². The molecule has 1 rings (SSSR count). The molecule has 0 aliphatic carbocycles. The van der Waals surface area contributed by atoms with Gasteiger partial charge in [0.25, 0.3) is 5.91 Å². The van der Waals surface area contributed by atoms with Gasteiger partial charge in [-0.15, -0.1) is 12.3 Å². The topological polar surface area (TPSA) is 101 Å². The van der Waals surface area contributed by atoms with E-state index in [0.717, 1.165) is 6.26 Å². The van der Waals surface area contributed by atoms with E-state index in [9.17, 15) is 18.0 Å². The molecule has 0 spiro atoms. The van der Waals surface area contributed by atoms with Crippen LogP contribution < -0.4 is 5.32 Å². The summed E-state index contributed by atoms with van der Waals surface area (Å²) in [5, 5.41) is 11.2. The number of benzene rings is 1. The number of nitrogens with one attached hydrogen (secondary N) is 1. The molecule has 1 amide bonds. The first-order valence-electron chi connectivity index (χ1n) is 5.96. The fraction of sp³-hybridized carbons (Fsp3) is 0.286. The molecule has 0 bridgehead atoms. The van der Waals surface area contributed by atoms with Crippen LogP contribution in [0, 0.1) is 12.3 Å². The van der Waals surface area contributed by atoms with E-state index in [1.807, 2.05) is 0 Å². The molecule has 7 heteroatoms. The van der Waals surface area contributed by atoms with Gasteiger partial charge in [-0.3, -0.25) is 4.79 Å². The first-order chi connectivity index (χ1) is 9.73. The number of carbonyl (C=O) groups excluding carboxylic acids is 1. The number of sulfone groups is 1. The van der Waals surface area contributed by atoms with Crippen molar-refractivity contribution < 1.29 is 23.1 Å². The van der Waals surface area contributed by atoms with Gasteiger partial charge in [0.15, 0.2) is 9.84 Å². The Kier molecular flexibility index (Phi) is 5.50. The van der Waals surface area contributed by atoms with E-state index in [-0.39, 0.29) is 17.7 Å². The van der Waals surface area contributed by atoms with E-state index in [4.69, 9.17) is 11.5 Å². The Balaban J connectivity index is 2.80. The number of amides is 1. The quantitative estimate of drug-likeness (QED) is 0.743. The van der Waals surface area contributed by atoms with Crippen LogP contribution in [0.4, 0.5) is 0 Å². The van der Waals surface area contributed by atoms with Crippen molar-refractivity contribution in [1.29, 1.82) is 0 Å². The Morgan fingerprint density at radius 1 is 1.33 bits per heavy atom. The highest BCUT2D eigenvalue weighted by Gasteiger charge is 2.19. The van der Waals surface area contributed by atoms with Crippen molar-refractivity contribution in [2.24, 2.45) is 0 Å². The average molecular weight is 309 g/mol. The van der Waals surface area contributed by atoms with Crippen LogP contribution >= 0.6 is 0 Å². The molecule has 0 radical (unpaired) electrons. The second-order valence-electron chi connectivity index (χ2n) is 4.54. The van der Waals surface area contributed by atoms with Crippen molar-refractivity contribution >= 4 is 21.7 Å². The Morgan fingerprint density at radius 2 is 1.90 bits per heavy atom. The molecule has 0 heterocycles. The fourth-order valence-corrected chi connectivity index (χ4v) is 2.41. The molecule has 6 nitrogen and oxygen atoms in total. The molecule has 0 fully saturated rings. The molecule has 1 atom stereocenters. The predicted octanol–water partition coefficient (Wildman–Crippen LogP) is 0.438. The number of aliphatic carboxylic acids is 1. The molecule has 0 saturated carbocycles. The molecule has 0 saturated heterocycles. The smallest absolute Gasteiger partial charge is 0.327 e. The van der Waals surface area contributed by atoms with Crippen molar-refractivity contribution in [3.05, 3.63) is 35.4 Å². The highest BCUT2D eigenvalue weighted by Crippen LogP contribution is 2.08. The Morgan fingerprint density at radius 3 is 2.33 bits per heavy atom. The predicted molar refractivity (Wildman–Crippen MR) is 77.3 cm³/mol. The van der Waals surface area contributed by atoms with Crippen LogP contribution in [0.1, 0.15) is 22.3 Å². The molecular weight excluding hydrogens is 294 g/mol. The summed E-state index contributed by atoms with van der Waals surface area (Å²) in [6, 6.07) is 4.73. The summed E-state index contributed by atoms with van der Waals surface area (Å²) in [5.74, 6) is 0.264. The number of hydrogen-bond donors (Lipinski definition) is 2. The molecular formula is C14H15NO5S. The summed E-state index contributed by atoms with van der Waals surface area (Å²) in [7, 11) is -3.15. The SMILES string of the molecule is C#CCC(NC(=O)c1ccc(CS(C)(=O)=O)cc1)C(=O)O. The van der Waals surface area contributed by atoms with Crippen molar-refractivity contribution in [2.75, 3.05) is 6.26 Å². The van der Waals surface area contributed by atoms with Gasteiger partial charge < -0.3 is 10.4 Å². The summed E-state index contributed by atoms with van der Waals surface area (Å²) in [6.07, 6.45) is 6.04. The number of carbonyl (C=O) groups is 2. The van der Waals surface area contributed by atoms with E-state index in [0.29, 0.717) is 5.56 Å². The minimum Gasteiger partial charge on any atom is -0.480 e. The first-order valence-corrected chi connectivity index (χ1v) is 8.03. The Bertz CT molecular complexity index is 670. The largest absolute Gasteiger partial charge is 0.480 e. The van der Waals surface area contributed by atoms with E-state index in [2.05, 4.69) is 11.2 Å². The summed E-state index contributed by atoms with van der Waals surface area (Å²) < 4.78 is 22.3. The van der Waals surface area contributed by atoms with Gasteiger partial charge in [-0.05, 0) is 17.7 Å². The molecule has 0 aromatic heterocycles. The monoisotopic (exact) mass is 309 g/mol. The maximum absolute atomic E-state index is 11.9. The van der Waals surface area contributed by atoms with Crippen molar-refractivity contribution in [2.45, 2.75) is 18.2 Å². The molecule has 0 aliphatic rings. The summed E-state index contributed by atoms with van der Waals surface area (Å²) in [4.78, 5) is 22.8. The molecule has 1 aromatic rings. The van der Waals surface area contributed by atoms with E-state index < -0.39 is 27.8 Å². The lowest BCUT2D eigenvalue weighted by Crippen LogP contribution is -2.40. The first kappa shape index (κ1) is 16.7. The molecule has 2 N–H and O–H groups in total. The number of terminal acetylenes is 1. The highest BCUT2D eigenvalue weighted by molar-refractivity contribution is 7.89. The number of hydrogen-bond acceptors (Lipinski definition) is 4. The lowest BCUT2D eigenvalue weighted by atomic mass is 10.1. The van der Waals surface area contributed by atoms with Crippen LogP contribution in [0.2, 0.25) is 0 Å². The van der Waals surface area contributed by atoms with E-state index >= 15 is 0 Å². The summed E-state index contributed by atoms with van der Waals surface area (Å²) in [5.41, 5.74) is 0.781. The lowest BCUT2D eigenvalue weighted by molar-refractivity contribution is -0.139. The van der Waals surface area contributed by atoms with Gasteiger partial charge in [0.1, 0.15) is 6.04 Å². The van der Waals surface area contributed by atoms with Gasteiger partial charge in [0.2, 0.25) is 0 Å². The molecule has 1 aromatic carbocycles. The normalized spacial score (nSPS) is 12.2. The Labute approximate surface area is 123 Å². The van der Waals surface area contributed by atoms with Gasteiger partial charge in [-0.2, -0.15) is 0 Å². The molecule has 0 aliphatic heterocycles. The molecule has 1 unspecified atom stereocenters. The second kappa shape index (κ2) is 6.90. The van der Waals surface area contributed by atoms with Crippen LogP contribution in [0.3, 0.4) is 0 Å². The molecule has 112 valence electrons. The minimum absolute atomic E-state index is 0.118. The second-order valence-corrected chi connectivity index (χ2v) is 6.68. The van der Waals surface area contributed by atoms with E-state index in [1.54, 1.807) is 0 Å². The van der Waals surface area contributed by atoms with Crippen molar-refractivity contribution in [1.82, 2.24) is 5.32 Å². The number of rotatable bonds is 6. The van der Waals surface area contributed by atoms with Gasteiger partial charge in [-0.25, -0.2) is 13.2 Å². The van der Waals surface area contributed by atoms with Crippen LogP contribution in [0.5, 0.6) is 0 Å². The van der Waals surface area contributed by atoms with Crippen molar-refractivity contribution in [3.8, 4) is 12.3 Å². The zero-order chi connectivity index (χ0) is 16.0. The third-order valence-electron chi connectivity index (χ3n) is 2.57. The standard InChI is InChI=1S/C14H15NO5S/c1-3-4-12(14(17)18)15-13(16)11-7-5-10(6-8-11)9-21(2,19)20/h1,5-8,12H,4,9H2,2H3,(H,15,16)(H,17,18). The summed E-state index contributed by atoms with van der Waals surface area (Å²) >= 11 is 0. The maximum atomic E-state index is 11.9. The zero-order valence-corrected chi connectivity index (χ0v) is 12.2. The van der Waals surface area contributed by atoms with Gasteiger partial charge >= 0.3 is 5.97 Å². The van der Waals surface area contributed by atoms with Gasteiger partial charge in [-0.1, -0.05) is 12.1 Å². The van der Waals surface area contributed by atoms with Gasteiger partial charge in [0.05, 0.1) is 5.75 Å². The number of carboxylic acid groups (broad SMARTS) is 1. The molecule has 21 heavy (non-hydrogen) atoms. The third-order valence-corrected chi connectivity index (χ3v) is 3.43. The van der Waals surface area contributed by atoms with Crippen LogP contribution in [0.25, 0.3) is 0 Å². The van der Waals surface area contributed by atoms with E-state index in [1.165, 1.54) is 24.3 Å². The fourth-order valence-electron chi connectivity index (χ4n) is 1.61. The highest BCUT2D eigenvalue weighted by atomic mass is 32.2. The van der Waals surface area contributed by atoms with Crippen LogP contribution in [0.15, 0.2) is 24.3 Å². The minimum atomic E-state index is -3.15. The van der Waals surface area contributed by atoms with Crippen LogP contribution in [-0.2, 0) is 20.4 Å². The average Bonchev–Trinajstić information content (AvgIpc) is 2.36. The number of carboxylic acids is 1. The lowest BCUT2D eigenvalue weighted by Gasteiger charge is -2.12.